The summed E-state index contributed by atoms with van der Waals surface area (Å²) in [6.45, 7) is 1.81. The molecule has 0 saturated heterocycles. The number of amides is 2. The fourth-order valence-electron chi connectivity index (χ4n) is 3.40. The van der Waals surface area contributed by atoms with E-state index in [4.69, 9.17) is 0 Å². The zero-order chi connectivity index (χ0) is 23.7. The number of nitrogens with one attached hydrogen (secondary N) is 1. The third-order valence-electron chi connectivity index (χ3n) is 5.13. The molecule has 0 bridgehead atoms. The number of benzene rings is 2. The minimum atomic E-state index is -0.817. The van der Waals surface area contributed by atoms with Crippen molar-refractivity contribution in [2.45, 2.75) is 6.92 Å². The Morgan fingerprint density at radius 2 is 1.79 bits per heavy atom. The Labute approximate surface area is 187 Å². The van der Waals surface area contributed by atoms with Crippen LogP contribution in [0.2, 0.25) is 0 Å². The van der Waals surface area contributed by atoms with Gasteiger partial charge < -0.3 is 10.2 Å². The van der Waals surface area contributed by atoms with E-state index in [1.54, 1.807) is 18.2 Å². The van der Waals surface area contributed by atoms with Crippen molar-refractivity contribution < 1.29 is 19.8 Å². The first-order valence-electron chi connectivity index (χ1n) is 9.81. The van der Waals surface area contributed by atoms with Gasteiger partial charge in [-0.15, -0.1) is 0 Å². The van der Waals surface area contributed by atoms with Crippen LogP contribution in [0.25, 0.3) is 17.1 Å². The molecule has 166 valence electrons. The van der Waals surface area contributed by atoms with Gasteiger partial charge in [-0.25, -0.2) is 14.5 Å². The van der Waals surface area contributed by atoms with Crippen LogP contribution in [0.5, 0.6) is 11.5 Å². The number of carbonyl (C=O) groups excluding carboxylic acids is 2. The van der Waals surface area contributed by atoms with Gasteiger partial charge in [0.2, 0.25) is 0 Å². The van der Waals surface area contributed by atoms with Gasteiger partial charge >= 0.3 is 5.69 Å². The molecule has 10 heteroatoms. The summed E-state index contributed by atoms with van der Waals surface area (Å²) in [5.41, 5.74) is 0.694. The van der Waals surface area contributed by atoms with Crippen molar-refractivity contribution in [1.82, 2.24) is 24.6 Å². The Morgan fingerprint density at radius 1 is 1.03 bits per heavy atom. The largest absolute Gasteiger partial charge is 0.507 e. The Kier molecular flexibility index (Phi) is 5.49. The smallest absolute Gasteiger partial charge is 0.348 e. The van der Waals surface area contributed by atoms with Crippen molar-refractivity contribution in [2.24, 2.45) is 0 Å². The number of phenols is 2. The molecule has 0 radical (unpaired) electrons. The van der Waals surface area contributed by atoms with E-state index in [0.717, 1.165) is 16.5 Å². The number of aromatic amines is 1. The zero-order valence-corrected chi connectivity index (χ0v) is 17.7. The molecule has 4 rings (SSSR count). The van der Waals surface area contributed by atoms with Gasteiger partial charge in [-0.1, -0.05) is 18.2 Å². The molecule has 0 aliphatic heterocycles. The van der Waals surface area contributed by atoms with Crippen molar-refractivity contribution in [1.29, 1.82) is 0 Å². The van der Waals surface area contributed by atoms with Gasteiger partial charge in [-0.05, 0) is 36.8 Å². The van der Waals surface area contributed by atoms with E-state index >= 15 is 0 Å². The lowest BCUT2D eigenvalue weighted by Gasteiger charge is -2.17. The van der Waals surface area contributed by atoms with E-state index in [2.05, 4.69) is 15.2 Å². The second kappa shape index (κ2) is 8.42. The van der Waals surface area contributed by atoms with Gasteiger partial charge in [0.25, 0.3) is 11.8 Å². The lowest BCUT2D eigenvalue weighted by Crippen LogP contribution is -2.33. The highest BCUT2D eigenvalue weighted by Crippen LogP contribution is 2.35. The third kappa shape index (κ3) is 3.85. The maximum atomic E-state index is 13.0. The number of hydrogen-bond donors (Lipinski definition) is 3. The monoisotopic (exact) mass is 445 g/mol. The summed E-state index contributed by atoms with van der Waals surface area (Å²) in [6, 6.07) is 12.3. The van der Waals surface area contributed by atoms with Crippen molar-refractivity contribution in [3.63, 3.8) is 0 Å². The van der Waals surface area contributed by atoms with Gasteiger partial charge in [0.15, 0.2) is 5.82 Å². The molecule has 0 fully saturated rings. The number of nitrogens with zero attached hydrogens (tertiary/aromatic N) is 4. The Balaban J connectivity index is 1.80. The molecule has 4 aromatic rings. The van der Waals surface area contributed by atoms with Crippen LogP contribution in [0.3, 0.4) is 0 Å². The number of hydrogen-bond acceptors (Lipinski definition) is 7. The van der Waals surface area contributed by atoms with Crippen molar-refractivity contribution in [3.8, 4) is 28.6 Å². The van der Waals surface area contributed by atoms with E-state index in [9.17, 15) is 24.6 Å². The number of para-hydroxylation sites is 1. The normalized spacial score (nSPS) is 10.7. The summed E-state index contributed by atoms with van der Waals surface area (Å²) in [6.07, 6.45) is 2.81. The van der Waals surface area contributed by atoms with E-state index in [0.29, 0.717) is 5.69 Å². The molecule has 0 atom stereocenters. The number of phenolic OH excluding ortho intramolecular Hbond substituents is 2. The van der Waals surface area contributed by atoms with E-state index in [-0.39, 0.29) is 22.5 Å². The van der Waals surface area contributed by atoms with E-state index in [1.165, 1.54) is 36.1 Å². The minimum absolute atomic E-state index is 0.0139. The van der Waals surface area contributed by atoms with Crippen LogP contribution in [-0.2, 0) is 0 Å². The molecule has 0 aliphatic rings. The number of rotatable bonds is 4. The van der Waals surface area contributed by atoms with Crippen LogP contribution >= 0.6 is 0 Å². The predicted octanol–water partition coefficient (Wildman–Crippen LogP) is 2.25. The molecule has 0 saturated carbocycles. The molecule has 33 heavy (non-hydrogen) atoms. The van der Waals surface area contributed by atoms with Crippen LogP contribution in [0.1, 0.15) is 26.3 Å². The lowest BCUT2D eigenvalue weighted by molar-refractivity contribution is 0.0654. The minimum Gasteiger partial charge on any atom is -0.507 e. The molecule has 2 amide bonds. The van der Waals surface area contributed by atoms with E-state index < -0.39 is 29.0 Å². The van der Waals surface area contributed by atoms with Crippen LogP contribution in [0, 0.1) is 6.92 Å². The first-order valence-corrected chi connectivity index (χ1v) is 9.81. The van der Waals surface area contributed by atoms with E-state index in [1.807, 2.05) is 19.1 Å². The molecule has 0 aliphatic carbocycles. The standard InChI is InChI=1S/C23H19N5O5/c1-13-6-3-4-8-17(13)28-20(25-26-23(28)33)15-10-16(19(30)11-18(15)29)22(32)27(2)21(31)14-7-5-9-24-12-14/h3-12,29-30H,1-2H3,(H,26,33). The SMILES string of the molecule is Cc1ccccc1-n1c(-c2cc(C(=O)N(C)C(=O)c3cccnc3)c(O)cc2O)n[nH]c1=O. The number of pyridine rings is 1. The number of H-pyrrole nitrogens is 1. The van der Waals surface area contributed by atoms with Crippen LogP contribution < -0.4 is 5.69 Å². The van der Waals surface area contributed by atoms with Crippen molar-refractivity contribution >= 4 is 11.8 Å². The number of imide groups is 1. The quantitative estimate of drug-likeness (QED) is 0.409. The van der Waals surface area contributed by atoms with Gasteiger partial charge in [-0.2, -0.15) is 5.10 Å². The Bertz CT molecular complexity index is 1420. The zero-order valence-electron chi connectivity index (χ0n) is 17.7. The maximum absolute atomic E-state index is 13.0. The molecule has 0 unspecified atom stereocenters. The third-order valence-corrected chi connectivity index (χ3v) is 5.13. The summed E-state index contributed by atoms with van der Waals surface area (Å²) in [7, 11) is 1.27. The summed E-state index contributed by atoms with van der Waals surface area (Å²) in [5, 5.41) is 27.2. The average Bonchev–Trinajstić information content (AvgIpc) is 3.19. The van der Waals surface area contributed by atoms with Gasteiger partial charge in [0.05, 0.1) is 22.4 Å². The maximum Gasteiger partial charge on any atom is 0.348 e. The second-order valence-corrected chi connectivity index (χ2v) is 7.27. The van der Waals surface area contributed by atoms with Crippen LogP contribution in [0.15, 0.2) is 65.7 Å². The van der Waals surface area contributed by atoms with Crippen LogP contribution in [0.4, 0.5) is 0 Å². The number of aromatic hydroxyl groups is 2. The number of aryl methyl sites for hydroxylation is 1. The summed E-state index contributed by atoms with van der Waals surface area (Å²) >= 11 is 0. The Morgan fingerprint density at radius 3 is 2.48 bits per heavy atom. The predicted molar refractivity (Wildman–Crippen MR) is 118 cm³/mol. The second-order valence-electron chi connectivity index (χ2n) is 7.27. The van der Waals surface area contributed by atoms with Gasteiger partial charge in [0, 0.05) is 25.5 Å². The summed E-state index contributed by atoms with van der Waals surface area (Å²) in [4.78, 5) is 42.9. The van der Waals surface area contributed by atoms with Crippen molar-refractivity contribution in [2.75, 3.05) is 7.05 Å². The van der Waals surface area contributed by atoms with Gasteiger partial charge in [0.1, 0.15) is 11.5 Å². The Hall–Kier alpha value is -4.73. The molecule has 2 heterocycles. The number of aromatic nitrogens is 4. The molecule has 3 N–H and O–H groups in total. The average molecular weight is 445 g/mol. The fourth-order valence-corrected chi connectivity index (χ4v) is 3.40. The fraction of sp³-hybridized carbons (Fsp3) is 0.0870. The molecule has 10 nitrogen and oxygen atoms in total. The highest BCUT2D eigenvalue weighted by Gasteiger charge is 2.26. The summed E-state index contributed by atoms with van der Waals surface area (Å²) < 4.78 is 1.25. The molecular formula is C23H19N5O5. The highest BCUT2D eigenvalue weighted by molar-refractivity contribution is 6.11. The highest BCUT2D eigenvalue weighted by atomic mass is 16.3. The van der Waals surface area contributed by atoms with Crippen LogP contribution in [-0.4, -0.2) is 53.7 Å². The number of carbonyl (C=O) groups is 2. The topological polar surface area (TPSA) is 141 Å². The first-order chi connectivity index (χ1) is 15.8. The molecule has 2 aromatic carbocycles. The van der Waals surface area contributed by atoms with Crippen molar-refractivity contribution in [3.05, 3.63) is 88.1 Å². The van der Waals surface area contributed by atoms with Gasteiger partial charge in [-0.3, -0.25) is 19.5 Å². The summed E-state index contributed by atoms with van der Waals surface area (Å²) in [5.74, 6) is -2.35. The first kappa shape index (κ1) is 21.5. The molecule has 0 spiro atoms. The molecular weight excluding hydrogens is 426 g/mol. The lowest BCUT2D eigenvalue weighted by atomic mass is 10.1. The molecule has 2 aromatic heterocycles.